The highest BCUT2D eigenvalue weighted by Crippen LogP contribution is 2.22. The number of pyridine rings is 1. The van der Waals surface area contributed by atoms with Crippen LogP contribution < -0.4 is 10.9 Å². The summed E-state index contributed by atoms with van der Waals surface area (Å²) in [6.45, 7) is 3.80. The molecule has 0 unspecified atom stereocenters. The maximum absolute atomic E-state index is 13.3. The summed E-state index contributed by atoms with van der Waals surface area (Å²) >= 11 is 0. The first-order valence-electron chi connectivity index (χ1n) is 7.82. The molecule has 3 aromatic rings. The van der Waals surface area contributed by atoms with Gasteiger partial charge in [-0.05, 0) is 49.2 Å². The van der Waals surface area contributed by atoms with Crippen molar-refractivity contribution in [3.05, 3.63) is 75.1 Å². The Morgan fingerprint density at radius 1 is 1.12 bits per heavy atom. The number of H-pyrrole nitrogens is 1. The molecular formula is C19H16F2N2O2. The minimum absolute atomic E-state index is 0.00463. The number of anilines is 1. The molecule has 0 saturated heterocycles. The van der Waals surface area contributed by atoms with Gasteiger partial charge in [-0.1, -0.05) is 13.0 Å². The molecule has 0 atom stereocenters. The number of aromatic amines is 1. The number of nitrogens with one attached hydrogen (secondary N) is 2. The number of aryl methyl sites for hydroxylation is 1. The fourth-order valence-corrected chi connectivity index (χ4v) is 2.85. The standard InChI is InChI=1S/C19H16F2N2O2/c1-3-13-10(2)14-6-5-12(9-17(14)23-19(13)25)22-18(24)11-4-7-15(20)16(21)8-11/h4-9H,3H2,1-2H3,(H,22,24)(H,23,25). The summed E-state index contributed by atoms with van der Waals surface area (Å²) in [5, 5.41) is 3.51. The minimum Gasteiger partial charge on any atom is -0.322 e. The Balaban J connectivity index is 1.95. The van der Waals surface area contributed by atoms with E-state index in [4.69, 9.17) is 0 Å². The fraction of sp³-hybridized carbons (Fsp3) is 0.158. The number of aromatic nitrogens is 1. The van der Waals surface area contributed by atoms with Gasteiger partial charge in [0.2, 0.25) is 0 Å². The van der Waals surface area contributed by atoms with Crippen LogP contribution in [-0.4, -0.2) is 10.9 Å². The van der Waals surface area contributed by atoms with Crippen LogP contribution >= 0.6 is 0 Å². The van der Waals surface area contributed by atoms with E-state index < -0.39 is 17.5 Å². The second-order valence-corrected chi connectivity index (χ2v) is 5.75. The van der Waals surface area contributed by atoms with E-state index >= 15 is 0 Å². The van der Waals surface area contributed by atoms with Crippen molar-refractivity contribution in [2.45, 2.75) is 20.3 Å². The van der Waals surface area contributed by atoms with Crippen molar-refractivity contribution in [1.82, 2.24) is 4.98 Å². The SMILES string of the molecule is CCc1c(C)c2ccc(NC(=O)c3ccc(F)c(F)c3)cc2[nH]c1=O. The van der Waals surface area contributed by atoms with Gasteiger partial charge in [0.1, 0.15) is 0 Å². The maximum atomic E-state index is 13.3. The van der Waals surface area contributed by atoms with Gasteiger partial charge >= 0.3 is 0 Å². The second kappa shape index (κ2) is 6.47. The van der Waals surface area contributed by atoms with E-state index in [9.17, 15) is 18.4 Å². The lowest BCUT2D eigenvalue weighted by Crippen LogP contribution is -2.15. The third-order valence-corrected chi connectivity index (χ3v) is 4.19. The van der Waals surface area contributed by atoms with E-state index in [2.05, 4.69) is 10.3 Å². The predicted octanol–water partition coefficient (Wildman–Crippen LogP) is 3.93. The lowest BCUT2D eigenvalue weighted by atomic mass is 10.0. The molecule has 1 heterocycles. The first-order chi connectivity index (χ1) is 11.9. The Morgan fingerprint density at radius 3 is 2.56 bits per heavy atom. The van der Waals surface area contributed by atoms with E-state index in [-0.39, 0.29) is 11.1 Å². The molecule has 2 aromatic carbocycles. The van der Waals surface area contributed by atoms with Gasteiger partial charge in [0.15, 0.2) is 11.6 Å². The Bertz CT molecular complexity index is 1040. The Hall–Kier alpha value is -3.02. The zero-order valence-electron chi connectivity index (χ0n) is 13.7. The average molecular weight is 342 g/mol. The van der Waals surface area contributed by atoms with Gasteiger partial charge in [-0.15, -0.1) is 0 Å². The van der Waals surface area contributed by atoms with Crippen molar-refractivity contribution in [3.8, 4) is 0 Å². The first-order valence-corrected chi connectivity index (χ1v) is 7.82. The number of carbonyl (C=O) groups is 1. The van der Waals surface area contributed by atoms with E-state index in [0.717, 1.165) is 28.6 Å². The van der Waals surface area contributed by atoms with Gasteiger partial charge in [0.25, 0.3) is 11.5 Å². The van der Waals surface area contributed by atoms with E-state index in [1.807, 2.05) is 13.8 Å². The van der Waals surface area contributed by atoms with E-state index in [1.54, 1.807) is 18.2 Å². The van der Waals surface area contributed by atoms with Crippen LogP contribution in [0.15, 0.2) is 41.2 Å². The summed E-state index contributed by atoms with van der Waals surface area (Å²) in [4.78, 5) is 27.1. The summed E-state index contributed by atoms with van der Waals surface area (Å²) in [6, 6.07) is 8.09. The average Bonchev–Trinajstić information content (AvgIpc) is 2.57. The Labute approximate surface area is 142 Å². The maximum Gasteiger partial charge on any atom is 0.255 e. The normalized spacial score (nSPS) is 10.9. The minimum atomic E-state index is -1.08. The summed E-state index contributed by atoms with van der Waals surface area (Å²) in [7, 11) is 0. The van der Waals surface area contributed by atoms with Crippen molar-refractivity contribution in [1.29, 1.82) is 0 Å². The lowest BCUT2D eigenvalue weighted by molar-refractivity contribution is 0.102. The van der Waals surface area contributed by atoms with Gasteiger partial charge < -0.3 is 10.3 Å². The molecule has 0 fully saturated rings. The second-order valence-electron chi connectivity index (χ2n) is 5.75. The quantitative estimate of drug-likeness (QED) is 0.757. The zero-order valence-corrected chi connectivity index (χ0v) is 13.7. The molecule has 1 amide bonds. The molecule has 3 rings (SSSR count). The molecule has 0 aliphatic heterocycles. The van der Waals surface area contributed by atoms with Gasteiger partial charge in [-0.2, -0.15) is 0 Å². The fourth-order valence-electron chi connectivity index (χ4n) is 2.85. The highest BCUT2D eigenvalue weighted by Gasteiger charge is 2.12. The molecule has 0 radical (unpaired) electrons. The topological polar surface area (TPSA) is 62.0 Å². The van der Waals surface area contributed by atoms with E-state index in [0.29, 0.717) is 17.6 Å². The van der Waals surface area contributed by atoms with E-state index in [1.165, 1.54) is 6.07 Å². The van der Waals surface area contributed by atoms with Crippen LogP contribution in [0.5, 0.6) is 0 Å². The van der Waals surface area contributed by atoms with Crippen LogP contribution in [0, 0.1) is 18.6 Å². The first kappa shape index (κ1) is 16.8. The number of hydrogen-bond acceptors (Lipinski definition) is 2. The number of carbonyl (C=O) groups excluding carboxylic acids is 1. The molecule has 128 valence electrons. The molecule has 1 aromatic heterocycles. The number of rotatable bonds is 3. The molecule has 25 heavy (non-hydrogen) atoms. The van der Waals surface area contributed by atoms with Crippen LogP contribution in [0.3, 0.4) is 0 Å². The molecule has 0 spiro atoms. The Morgan fingerprint density at radius 2 is 1.88 bits per heavy atom. The summed E-state index contributed by atoms with van der Waals surface area (Å²) in [5.74, 6) is -2.66. The smallest absolute Gasteiger partial charge is 0.255 e. The largest absolute Gasteiger partial charge is 0.322 e. The number of amides is 1. The molecular weight excluding hydrogens is 326 g/mol. The number of fused-ring (bicyclic) bond motifs is 1. The molecule has 0 aliphatic rings. The van der Waals surface area contributed by atoms with Crippen molar-refractivity contribution < 1.29 is 13.6 Å². The zero-order chi connectivity index (χ0) is 18.1. The van der Waals surface area contributed by atoms with Crippen molar-refractivity contribution in [2.75, 3.05) is 5.32 Å². The third-order valence-electron chi connectivity index (χ3n) is 4.19. The molecule has 0 bridgehead atoms. The predicted molar refractivity (Wildman–Crippen MR) is 93.0 cm³/mol. The highest BCUT2D eigenvalue weighted by atomic mass is 19.2. The van der Waals surface area contributed by atoms with Crippen molar-refractivity contribution >= 4 is 22.5 Å². The van der Waals surface area contributed by atoms with Gasteiger partial charge in [-0.25, -0.2) is 8.78 Å². The van der Waals surface area contributed by atoms with Crippen LogP contribution in [-0.2, 0) is 6.42 Å². The summed E-state index contributed by atoms with van der Waals surface area (Å²) < 4.78 is 26.2. The van der Waals surface area contributed by atoms with Crippen molar-refractivity contribution in [2.24, 2.45) is 0 Å². The monoisotopic (exact) mass is 342 g/mol. The number of benzene rings is 2. The molecule has 0 aliphatic carbocycles. The third kappa shape index (κ3) is 3.15. The van der Waals surface area contributed by atoms with Crippen molar-refractivity contribution in [3.63, 3.8) is 0 Å². The Kier molecular flexibility index (Phi) is 4.35. The van der Waals surface area contributed by atoms with Gasteiger partial charge in [0, 0.05) is 22.2 Å². The summed E-state index contributed by atoms with van der Waals surface area (Å²) in [6.07, 6.45) is 0.631. The van der Waals surface area contributed by atoms with Gasteiger partial charge in [0.05, 0.1) is 5.52 Å². The van der Waals surface area contributed by atoms with Gasteiger partial charge in [-0.3, -0.25) is 9.59 Å². The molecule has 0 saturated carbocycles. The summed E-state index contributed by atoms with van der Waals surface area (Å²) in [5.41, 5.74) is 2.52. The number of hydrogen-bond donors (Lipinski definition) is 2. The molecule has 6 heteroatoms. The van der Waals surface area contributed by atoms with Crippen LogP contribution in [0.1, 0.15) is 28.4 Å². The molecule has 4 nitrogen and oxygen atoms in total. The molecule has 2 N–H and O–H groups in total. The highest BCUT2D eigenvalue weighted by molar-refractivity contribution is 6.05. The van der Waals surface area contributed by atoms with Crippen LogP contribution in [0.25, 0.3) is 10.9 Å². The van der Waals surface area contributed by atoms with Crippen LogP contribution in [0.2, 0.25) is 0 Å². The lowest BCUT2D eigenvalue weighted by Gasteiger charge is -2.10. The number of halogens is 2. The van der Waals surface area contributed by atoms with Crippen LogP contribution in [0.4, 0.5) is 14.5 Å².